The van der Waals surface area contributed by atoms with Crippen LogP contribution in [0.5, 0.6) is 0 Å². The lowest BCUT2D eigenvalue weighted by molar-refractivity contribution is -0.0536. The van der Waals surface area contributed by atoms with Gasteiger partial charge in [0.15, 0.2) is 5.11 Å². The van der Waals surface area contributed by atoms with Crippen molar-refractivity contribution in [3.05, 3.63) is 34.3 Å². The van der Waals surface area contributed by atoms with E-state index in [0.29, 0.717) is 11.0 Å². The molecule has 3 atom stereocenters. The van der Waals surface area contributed by atoms with Gasteiger partial charge in [-0.1, -0.05) is 28.1 Å². The highest BCUT2D eigenvalue weighted by molar-refractivity contribution is 9.10. The van der Waals surface area contributed by atoms with Gasteiger partial charge in [0.2, 0.25) is 0 Å². The second-order valence-electron chi connectivity index (χ2n) is 4.74. The average Bonchev–Trinajstić information content (AvgIpc) is 2.38. The SMILES string of the molecule is S=C1NC2OCCCC2C(c2ccc(Br)cc2)N1. The minimum Gasteiger partial charge on any atom is -0.358 e. The van der Waals surface area contributed by atoms with Crippen molar-refractivity contribution in [2.75, 3.05) is 6.61 Å². The highest BCUT2D eigenvalue weighted by Crippen LogP contribution is 2.34. The molecule has 0 spiro atoms. The largest absolute Gasteiger partial charge is 0.358 e. The second kappa shape index (κ2) is 5.15. The normalized spacial score (nSPS) is 31.2. The summed E-state index contributed by atoms with van der Waals surface area (Å²) in [5.74, 6) is 0.437. The summed E-state index contributed by atoms with van der Waals surface area (Å²) in [7, 11) is 0. The molecule has 5 heteroatoms. The fourth-order valence-electron chi connectivity index (χ4n) is 2.71. The van der Waals surface area contributed by atoms with Crippen LogP contribution >= 0.6 is 28.1 Å². The van der Waals surface area contributed by atoms with Gasteiger partial charge in [0.05, 0.1) is 6.04 Å². The van der Waals surface area contributed by atoms with E-state index in [1.165, 1.54) is 5.56 Å². The number of halogens is 1. The van der Waals surface area contributed by atoms with E-state index in [-0.39, 0.29) is 12.3 Å². The lowest BCUT2D eigenvalue weighted by atomic mass is 9.85. The summed E-state index contributed by atoms with van der Waals surface area (Å²) in [6, 6.07) is 8.67. The molecule has 0 radical (unpaired) electrons. The number of benzene rings is 1. The lowest BCUT2D eigenvalue weighted by Gasteiger charge is -2.43. The Kier molecular flexibility index (Phi) is 3.54. The van der Waals surface area contributed by atoms with Crippen LogP contribution in [0.2, 0.25) is 0 Å². The Morgan fingerprint density at radius 3 is 2.78 bits per heavy atom. The molecule has 2 heterocycles. The number of hydrogen-bond acceptors (Lipinski definition) is 2. The van der Waals surface area contributed by atoms with Gasteiger partial charge in [-0.3, -0.25) is 0 Å². The zero-order valence-corrected chi connectivity index (χ0v) is 12.3. The molecule has 1 aromatic rings. The zero-order chi connectivity index (χ0) is 12.5. The molecule has 0 aliphatic carbocycles. The molecule has 2 saturated heterocycles. The van der Waals surface area contributed by atoms with Crippen LogP contribution in [-0.4, -0.2) is 17.9 Å². The Hall–Kier alpha value is -0.650. The number of thiocarbonyl (C=S) groups is 1. The highest BCUT2D eigenvalue weighted by Gasteiger charge is 2.38. The van der Waals surface area contributed by atoms with E-state index in [1.807, 2.05) is 0 Å². The van der Waals surface area contributed by atoms with Crippen molar-refractivity contribution in [1.29, 1.82) is 0 Å². The molecule has 2 N–H and O–H groups in total. The third-order valence-electron chi connectivity index (χ3n) is 3.59. The monoisotopic (exact) mass is 326 g/mol. The van der Waals surface area contributed by atoms with E-state index in [1.54, 1.807) is 0 Å². The first-order chi connectivity index (χ1) is 8.74. The molecular weight excluding hydrogens is 312 g/mol. The molecule has 1 aromatic carbocycles. The van der Waals surface area contributed by atoms with Gasteiger partial charge in [-0.05, 0) is 42.8 Å². The fraction of sp³-hybridized carbons (Fsp3) is 0.462. The molecule has 0 aromatic heterocycles. The van der Waals surface area contributed by atoms with Gasteiger partial charge in [-0.2, -0.15) is 0 Å². The smallest absolute Gasteiger partial charge is 0.168 e. The van der Waals surface area contributed by atoms with Crippen LogP contribution < -0.4 is 10.6 Å². The summed E-state index contributed by atoms with van der Waals surface area (Å²) < 4.78 is 6.88. The van der Waals surface area contributed by atoms with E-state index < -0.39 is 0 Å². The Morgan fingerprint density at radius 1 is 1.22 bits per heavy atom. The third kappa shape index (κ3) is 2.39. The number of hydrogen-bond donors (Lipinski definition) is 2. The van der Waals surface area contributed by atoms with Crippen LogP contribution in [-0.2, 0) is 4.74 Å². The number of rotatable bonds is 1. The van der Waals surface area contributed by atoms with Crippen molar-refractivity contribution in [3.63, 3.8) is 0 Å². The van der Waals surface area contributed by atoms with Crippen molar-refractivity contribution in [3.8, 4) is 0 Å². The van der Waals surface area contributed by atoms with Gasteiger partial charge in [0.25, 0.3) is 0 Å². The van der Waals surface area contributed by atoms with Crippen LogP contribution in [0, 0.1) is 5.92 Å². The van der Waals surface area contributed by atoms with Crippen molar-refractivity contribution < 1.29 is 4.74 Å². The summed E-state index contributed by atoms with van der Waals surface area (Å²) in [6.45, 7) is 0.823. The highest BCUT2D eigenvalue weighted by atomic mass is 79.9. The Labute approximate surface area is 120 Å². The van der Waals surface area contributed by atoms with Crippen LogP contribution in [0.3, 0.4) is 0 Å². The van der Waals surface area contributed by atoms with E-state index in [2.05, 4.69) is 50.8 Å². The fourth-order valence-corrected chi connectivity index (χ4v) is 3.22. The van der Waals surface area contributed by atoms with Gasteiger partial charge in [-0.25, -0.2) is 0 Å². The summed E-state index contributed by atoms with van der Waals surface area (Å²) in [5.41, 5.74) is 1.27. The Morgan fingerprint density at radius 2 is 2.00 bits per heavy atom. The summed E-state index contributed by atoms with van der Waals surface area (Å²) >= 11 is 8.73. The molecule has 3 rings (SSSR count). The van der Waals surface area contributed by atoms with E-state index in [0.717, 1.165) is 23.9 Å². The maximum Gasteiger partial charge on any atom is 0.168 e. The minimum atomic E-state index is 0.0566. The molecule has 2 fully saturated rings. The van der Waals surface area contributed by atoms with Gasteiger partial charge in [0.1, 0.15) is 6.23 Å². The number of fused-ring (bicyclic) bond motifs is 1. The second-order valence-corrected chi connectivity index (χ2v) is 6.07. The molecule has 18 heavy (non-hydrogen) atoms. The van der Waals surface area contributed by atoms with Gasteiger partial charge in [0, 0.05) is 17.0 Å². The first-order valence-corrected chi connectivity index (χ1v) is 7.38. The quantitative estimate of drug-likeness (QED) is 0.777. The summed E-state index contributed by atoms with van der Waals surface area (Å²) in [5, 5.41) is 7.28. The Balaban J connectivity index is 1.88. The van der Waals surface area contributed by atoms with Gasteiger partial charge >= 0.3 is 0 Å². The Bertz CT molecular complexity index is 451. The van der Waals surface area contributed by atoms with Crippen molar-refractivity contribution in [1.82, 2.24) is 10.6 Å². The zero-order valence-electron chi connectivity index (χ0n) is 9.86. The maximum absolute atomic E-state index is 5.78. The van der Waals surface area contributed by atoms with Gasteiger partial charge in [-0.15, -0.1) is 0 Å². The number of ether oxygens (including phenoxy) is 1. The first kappa shape index (κ1) is 12.4. The van der Waals surface area contributed by atoms with Crippen LogP contribution in [0.15, 0.2) is 28.7 Å². The third-order valence-corrected chi connectivity index (χ3v) is 4.35. The van der Waals surface area contributed by atoms with E-state index >= 15 is 0 Å². The molecule has 2 aliphatic heterocycles. The summed E-state index contributed by atoms with van der Waals surface area (Å²) in [6.07, 6.45) is 2.33. The van der Waals surface area contributed by atoms with Crippen LogP contribution in [0.25, 0.3) is 0 Å². The van der Waals surface area contributed by atoms with E-state index in [4.69, 9.17) is 17.0 Å². The molecular formula is C13H15BrN2OS. The minimum absolute atomic E-state index is 0.0566. The molecule has 96 valence electrons. The standard InChI is InChI=1S/C13H15BrN2OS/c14-9-5-3-8(4-6-9)11-10-2-1-7-17-12(10)16-13(18)15-11/h3-6,10-12H,1-2,7H2,(H2,15,16,18). The van der Waals surface area contributed by atoms with Crippen LogP contribution in [0.4, 0.5) is 0 Å². The first-order valence-electron chi connectivity index (χ1n) is 6.18. The van der Waals surface area contributed by atoms with Crippen LogP contribution in [0.1, 0.15) is 24.4 Å². The molecule has 0 amide bonds. The van der Waals surface area contributed by atoms with E-state index in [9.17, 15) is 0 Å². The summed E-state index contributed by atoms with van der Waals surface area (Å²) in [4.78, 5) is 0. The van der Waals surface area contributed by atoms with Crippen molar-refractivity contribution in [2.24, 2.45) is 5.92 Å². The molecule has 2 aliphatic rings. The van der Waals surface area contributed by atoms with Crippen molar-refractivity contribution in [2.45, 2.75) is 25.1 Å². The molecule has 3 nitrogen and oxygen atoms in total. The average molecular weight is 327 g/mol. The predicted octanol–water partition coefficient (Wildman–Crippen LogP) is 2.72. The number of nitrogens with one attached hydrogen (secondary N) is 2. The molecule has 3 unspecified atom stereocenters. The lowest BCUT2D eigenvalue weighted by Crippen LogP contribution is -2.58. The maximum atomic E-state index is 5.78. The molecule has 0 saturated carbocycles. The molecule has 0 bridgehead atoms. The van der Waals surface area contributed by atoms with Gasteiger partial charge < -0.3 is 15.4 Å². The topological polar surface area (TPSA) is 33.3 Å². The van der Waals surface area contributed by atoms with Crippen molar-refractivity contribution >= 4 is 33.3 Å². The predicted molar refractivity (Wildman–Crippen MR) is 78.2 cm³/mol.